The van der Waals surface area contributed by atoms with Gasteiger partial charge in [0.2, 0.25) is 0 Å². The van der Waals surface area contributed by atoms with Gasteiger partial charge in [-0.05, 0) is 50.7 Å². The van der Waals surface area contributed by atoms with Gasteiger partial charge in [-0.3, -0.25) is 9.36 Å². The molecule has 0 N–H and O–H groups in total. The molecule has 1 saturated carbocycles. The normalized spacial score (nSPS) is 20.2. The molecular formula is C18H24N4O2S. The molecule has 2 aliphatic rings. The molecule has 3 heterocycles. The predicted octanol–water partition coefficient (Wildman–Crippen LogP) is 2.30. The Bertz CT molecular complexity index is 846. The second kappa shape index (κ2) is 6.44. The van der Waals surface area contributed by atoms with Gasteiger partial charge in [0.05, 0.1) is 4.88 Å². The van der Waals surface area contributed by atoms with Gasteiger partial charge < -0.3 is 4.90 Å². The third kappa shape index (κ3) is 3.29. The SMILES string of the molecule is Cc1ccc(C(=O)N(C)C2CCc3nn(CC4CC4)c(=O)n3CC2)s1. The molecule has 0 radical (unpaired) electrons. The summed E-state index contributed by atoms with van der Waals surface area (Å²) >= 11 is 1.54. The van der Waals surface area contributed by atoms with E-state index in [0.29, 0.717) is 12.5 Å². The minimum absolute atomic E-state index is 0.0189. The minimum Gasteiger partial charge on any atom is -0.338 e. The number of carbonyl (C=O) groups is 1. The molecule has 1 atom stereocenters. The highest BCUT2D eigenvalue weighted by Gasteiger charge is 2.28. The zero-order valence-corrected chi connectivity index (χ0v) is 15.6. The number of aromatic nitrogens is 3. The van der Waals surface area contributed by atoms with Crippen LogP contribution in [0.4, 0.5) is 0 Å². The number of fused-ring (bicyclic) bond motifs is 1. The van der Waals surface area contributed by atoms with Crippen LogP contribution in [0.3, 0.4) is 0 Å². The number of carbonyl (C=O) groups excluding carboxylic acids is 1. The van der Waals surface area contributed by atoms with Crippen molar-refractivity contribution in [3.63, 3.8) is 0 Å². The second-order valence-corrected chi connectivity index (χ2v) is 8.57. The van der Waals surface area contributed by atoms with E-state index in [1.165, 1.54) is 24.2 Å². The first-order valence-electron chi connectivity index (χ1n) is 9.03. The van der Waals surface area contributed by atoms with Crippen molar-refractivity contribution in [3.05, 3.63) is 38.2 Å². The lowest BCUT2D eigenvalue weighted by molar-refractivity contribution is 0.0720. The first-order chi connectivity index (χ1) is 12.0. The molecule has 0 bridgehead atoms. The summed E-state index contributed by atoms with van der Waals surface area (Å²) in [5.41, 5.74) is 0.0189. The van der Waals surface area contributed by atoms with Crippen LogP contribution in [0.2, 0.25) is 0 Å². The highest BCUT2D eigenvalue weighted by atomic mass is 32.1. The summed E-state index contributed by atoms with van der Waals surface area (Å²) in [5.74, 6) is 1.59. The van der Waals surface area contributed by atoms with Crippen molar-refractivity contribution in [2.24, 2.45) is 5.92 Å². The van der Waals surface area contributed by atoms with E-state index < -0.39 is 0 Å². The van der Waals surface area contributed by atoms with Crippen molar-refractivity contribution in [3.8, 4) is 0 Å². The summed E-state index contributed by atoms with van der Waals surface area (Å²) in [7, 11) is 1.88. The van der Waals surface area contributed by atoms with Crippen molar-refractivity contribution < 1.29 is 4.79 Å². The molecule has 0 saturated heterocycles. The summed E-state index contributed by atoms with van der Waals surface area (Å²) in [6.07, 6.45) is 4.83. The van der Waals surface area contributed by atoms with Crippen LogP contribution in [0.1, 0.15) is 46.1 Å². The van der Waals surface area contributed by atoms with Crippen LogP contribution < -0.4 is 5.69 Å². The maximum Gasteiger partial charge on any atom is 0.345 e. The van der Waals surface area contributed by atoms with E-state index in [9.17, 15) is 9.59 Å². The van der Waals surface area contributed by atoms with Gasteiger partial charge in [-0.2, -0.15) is 5.10 Å². The van der Waals surface area contributed by atoms with E-state index >= 15 is 0 Å². The zero-order chi connectivity index (χ0) is 17.6. The highest BCUT2D eigenvalue weighted by Crippen LogP contribution is 2.30. The summed E-state index contributed by atoms with van der Waals surface area (Å²) in [5, 5.41) is 4.56. The number of rotatable bonds is 4. The van der Waals surface area contributed by atoms with Crippen LogP contribution in [0.25, 0.3) is 0 Å². The fraction of sp³-hybridized carbons (Fsp3) is 0.611. The molecule has 1 aliphatic heterocycles. The van der Waals surface area contributed by atoms with Crippen molar-refractivity contribution in [1.29, 1.82) is 0 Å². The Morgan fingerprint density at radius 3 is 2.80 bits per heavy atom. The molecule has 6 nitrogen and oxygen atoms in total. The van der Waals surface area contributed by atoms with Crippen LogP contribution in [-0.2, 0) is 19.5 Å². The van der Waals surface area contributed by atoms with Crippen molar-refractivity contribution in [2.45, 2.75) is 58.2 Å². The molecule has 1 amide bonds. The van der Waals surface area contributed by atoms with E-state index in [1.807, 2.05) is 35.6 Å². The number of hydrogen-bond donors (Lipinski definition) is 0. The third-order valence-corrected chi connectivity index (χ3v) is 6.32. The Kier molecular flexibility index (Phi) is 4.27. The average Bonchev–Trinajstić information content (AvgIpc) is 3.29. The molecule has 134 valence electrons. The summed E-state index contributed by atoms with van der Waals surface area (Å²) in [4.78, 5) is 29.0. The Hall–Kier alpha value is -1.89. The van der Waals surface area contributed by atoms with Gasteiger partial charge in [-0.1, -0.05) is 0 Å². The minimum atomic E-state index is 0.0189. The number of nitrogens with zero attached hydrogens (tertiary/aromatic N) is 4. The molecule has 1 aliphatic carbocycles. The quantitative estimate of drug-likeness (QED) is 0.841. The first kappa shape index (κ1) is 16.6. The maximum absolute atomic E-state index is 12.7. The van der Waals surface area contributed by atoms with Crippen LogP contribution in [-0.4, -0.2) is 38.2 Å². The molecule has 1 fully saturated rings. The van der Waals surface area contributed by atoms with Gasteiger partial charge in [0.25, 0.3) is 5.91 Å². The summed E-state index contributed by atoms with van der Waals surface area (Å²) in [6, 6.07) is 4.03. The molecule has 7 heteroatoms. The van der Waals surface area contributed by atoms with Gasteiger partial charge in [0, 0.05) is 37.5 Å². The van der Waals surface area contributed by atoms with Crippen LogP contribution in [0.15, 0.2) is 16.9 Å². The summed E-state index contributed by atoms with van der Waals surface area (Å²) < 4.78 is 3.46. The molecule has 0 aromatic carbocycles. The topological polar surface area (TPSA) is 60.1 Å². The standard InChI is InChI=1S/C18H24N4O2S/c1-12-3-7-15(25-12)17(23)20(2)14-6-8-16-19-22(11-13-4-5-13)18(24)21(16)10-9-14/h3,7,13-14H,4-6,8-11H2,1-2H3. The van der Waals surface area contributed by atoms with E-state index in [-0.39, 0.29) is 17.6 Å². The smallest absolute Gasteiger partial charge is 0.338 e. The Morgan fingerprint density at radius 1 is 1.32 bits per heavy atom. The molecule has 4 rings (SSSR count). The van der Waals surface area contributed by atoms with Crippen molar-refractivity contribution >= 4 is 17.2 Å². The number of hydrogen-bond acceptors (Lipinski definition) is 4. The van der Waals surface area contributed by atoms with Crippen molar-refractivity contribution in [1.82, 2.24) is 19.2 Å². The lowest BCUT2D eigenvalue weighted by atomic mass is 10.1. The van der Waals surface area contributed by atoms with Gasteiger partial charge in [-0.25, -0.2) is 9.48 Å². The fourth-order valence-corrected chi connectivity index (χ4v) is 4.40. The monoisotopic (exact) mass is 360 g/mol. The lowest BCUT2D eigenvalue weighted by Crippen LogP contribution is -2.37. The molecule has 0 spiro atoms. The molecular weight excluding hydrogens is 336 g/mol. The number of aryl methyl sites for hydroxylation is 2. The molecule has 2 aromatic rings. The van der Waals surface area contributed by atoms with E-state index in [0.717, 1.165) is 41.4 Å². The maximum atomic E-state index is 12.7. The van der Waals surface area contributed by atoms with Crippen LogP contribution in [0, 0.1) is 12.8 Å². The fourth-order valence-electron chi connectivity index (χ4n) is 3.55. The van der Waals surface area contributed by atoms with E-state index in [2.05, 4.69) is 5.10 Å². The number of amides is 1. The summed E-state index contributed by atoms with van der Waals surface area (Å²) in [6.45, 7) is 3.42. The highest BCUT2D eigenvalue weighted by molar-refractivity contribution is 7.13. The Labute approximate surface area is 151 Å². The first-order valence-corrected chi connectivity index (χ1v) is 9.84. The van der Waals surface area contributed by atoms with E-state index in [1.54, 1.807) is 4.68 Å². The predicted molar refractivity (Wildman–Crippen MR) is 97.1 cm³/mol. The Morgan fingerprint density at radius 2 is 2.12 bits per heavy atom. The van der Waals surface area contributed by atoms with E-state index in [4.69, 9.17) is 0 Å². The lowest BCUT2D eigenvalue weighted by Gasteiger charge is -2.26. The van der Waals surface area contributed by atoms with Gasteiger partial charge in [0.15, 0.2) is 0 Å². The van der Waals surface area contributed by atoms with Crippen LogP contribution in [0.5, 0.6) is 0 Å². The molecule has 25 heavy (non-hydrogen) atoms. The third-order valence-electron chi connectivity index (χ3n) is 5.33. The Balaban J connectivity index is 1.46. The largest absolute Gasteiger partial charge is 0.345 e. The van der Waals surface area contributed by atoms with Crippen LogP contribution >= 0.6 is 11.3 Å². The van der Waals surface area contributed by atoms with Gasteiger partial charge >= 0.3 is 5.69 Å². The molecule has 2 aromatic heterocycles. The average molecular weight is 360 g/mol. The second-order valence-electron chi connectivity index (χ2n) is 7.28. The van der Waals surface area contributed by atoms with Gasteiger partial charge in [0.1, 0.15) is 5.82 Å². The van der Waals surface area contributed by atoms with Crippen molar-refractivity contribution in [2.75, 3.05) is 7.05 Å². The van der Waals surface area contributed by atoms with Gasteiger partial charge in [-0.15, -0.1) is 11.3 Å². The molecule has 1 unspecified atom stereocenters. The number of thiophene rings is 1. The zero-order valence-electron chi connectivity index (χ0n) is 14.8.